The topological polar surface area (TPSA) is 93.4 Å². The standard InChI is InChI=1S/C14H19N3O3/c1-2-20-14(19)4-3-5-16-12-8-11-9(6-10(12)15)7-13(18)17-11/h6,8,16H,2-5,7,15H2,1H3,(H,17,18). The maximum absolute atomic E-state index is 11.3. The Balaban J connectivity index is 1.86. The van der Waals surface area contributed by atoms with E-state index in [9.17, 15) is 9.59 Å². The minimum Gasteiger partial charge on any atom is -0.466 e. The van der Waals surface area contributed by atoms with Gasteiger partial charge in [-0.2, -0.15) is 0 Å². The highest BCUT2D eigenvalue weighted by Gasteiger charge is 2.19. The highest BCUT2D eigenvalue weighted by atomic mass is 16.5. The molecule has 1 aromatic rings. The van der Waals surface area contributed by atoms with Crippen molar-refractivity contribution in [3.63, 3.8) is 0 Å². The van der Waals surface area contributed by atoms with Crippen LogP contribution in [0.15, 0.2) is 12.1 Å². The van der Waals surface area contributed by atoms with Gasteiger partial charge in [-0.1, -0.05) is 0 Å². The molecule has 0 saturated carbocycles. The van der Waals surface area contributed by atoms with Gasteiger partial charge in [0.15, 0.2) is 0 Å². The number of amides is 1. The van der Waals surface area contributed by atoms with E-state index in [1.54, 1.807) is 13.0 Å². The van der Waals surface area contributed by atoms with Gasteiger partial charge in [-0.25, -0.2) is 0 Å². The molecule has 4 N–H and O–H groups in total. The first-order valence-electron chi connectivity index (χ1n) is 6.72. The summed E-state index contributed by atoms with van der Waals surface area (Å²) in [6.07, 6.45) is 1.42. The minimum atomic E-state index is -0.191. The molecule has 0 fully saturated rings. The van der Waals surface area contributed by atoms with Gasteiger partial charge in [0.1, 0.15) is 0 Å². The number of nitrogen functional groups attached to an aromatic ring is 1. The molecule has 1 amide bonds. The van der Waals surface area contributed by atoms with E-state index >= 15 is 0 Å². The van der Waals surface area contributed by atoms with Gasteiger partial charge in [-0.05, 0) is 31.0 Å². The first kappa shape index (κ1) is 14.2. The minimum absolute atomic E-state index is 0.0149. The van der Waals surface area contributed by atoms with Crippen LogP contribution in [0.3, 0.4) is 0 Å². The molecular formula is C14H19N3O3. The number of hydrogen-bond donors (Lipinski definition) is 3. The molecule has 0 atom stereocenters. The van der Waals surface area contributed by atoms with Crippen LogP contribution in [-0.2, 0) is 20.7 Å². The number of esters is 1. The summed E-state index contributed by atoms with van der Waals surface area (Å²) in [5.74, 6) is -0.206. The molecule has 1 heterocycles. The molecule has 1 aromatic carbocycles. The monoisotopic (exact) mass is 277 g/mol. The van der Waals surface area contributed by atoms with Crippen LogP contribution in [0.4, 0.5) is 17.1 Å². The van der Waals surface area contributed by atoms with Crippen LogP contribution < -0.4 is 16.4 Å². The average Bonchev–Trinajstić information content (AvgIpc) is 2.74. The van der Waals surface area contributed by atoms with Crippen LogP contribution in [0.25, 0.3) is 0 Å². The Morgan fingerprint density at radius 3 is 3.05 bits per heavy atom. The number of anilines is 3. The smallest absolute Gasteiger partial charge is 0.305 e. The zero-order valence-electron chi connectivity index (χ0n) is 11.5. The van der Waals surface area contributed by atoms with Crippen molar-refractivity contribution in [1.82, 2.24) is 0 Å². The predicted molar refractivity (Wildman–Crippen MR) is 77.5 cm³/mol. The summed E-state index contributed by atoms with van der Waals surface area (Å²) >= 11 is 0. The average molecular weight is 277 g/mol. The quantitative estimate of drug-likeness (QED) is 0.416. The van der Waals surface area contributed by atoms with Gasteiger partial charge in [0.2, 0.25) is 5.91 Å². The van der Waals surface area contributed by atoms with Crippen LogP contribution in [0, 0.1) is 0 Å². The van der Waals surface area contributed by atoms with E-state index in [0.717, 1.165) is 16.9 Å². The Morgan fingerprint density at radius 1 is 1.50 bits per heavy atom. The largest absolute Gasteiger partial charge is 0.466 e. The van der Waals surface area contributed by atoms with Crippen molar-refractivity contribution in [2.45, 2.75) is 26.2 Å². The van der Waals surface area contributed by atoms with Crippen LogP contribution in [0.1, 0.15) is 25.3 Å². The van der Waals surface area contributed by atoms with E-state index < -0.39 is 0 Å². The number of carbonyl (C=O) groups excluding carboxylic acids is 2. The maximum atomic E-state index is 11.3. The zero-order valence-corrected chi connectivity index (χ0v) is 11.5. The molecule has 0 aliphatic carbocycles. The van der Waals surface area contributed by atoms with E-state index in [1.165, 1.54) is 0 Å². The highest BCUT2D eigenvalue weighted by molar-refractivity contribution is 6.00. The molecule has 0 unspecified atom stereocenters. The Kier molecular flexibility index (Phi) is 4.45. The predicted octanol–water partition coefficient (Wildman–Crippen LogP) is 1.52. The fraction of sp³-hybridized carbons (Fsp3) is 0.429. The summed E-state index contributed by atoms with van der Waals surface area (Å²) in [4.78, 5) is 22.5. The van der Waals surface area contributed by atoms with Gasteiger partial charge in [0.25, 0.3) is 0 Å². The summed E-state index contributed by atoms with van der Waals surface area (Å²) in [6.45, 7) is 2.81. The number of carbonyl (C=O) groups is 2. The van der Waals surface area contributed by atoms with Crippen molar-refractivity contribution in [2.24, 2.45) is 0 Å². The number of rotatable bonds is 6. The normalized spacial score (nSPS) is 12.8. The number of nitrogens with two attached hydrogens (primary N) is 1. The number of nitrogens with one attached hydrogen (secondary N) is 2. The van der Waals surface area contributed by atoms with E-state index in [4.69, 9.17) is 10.5 Å². The molecule has 0 radical (unpaired) electrons. The van der Waals surface area contributed by atoms with Crippen molar-refractivity contribution < 1.29 is 14.3 Å². The number of benzene rings is 1. The van der Waals surface area contributed by atoms with Gasteiger partial charge in [0, 0.05) is 18.7 Å². The van der Waals surface area contributed by atoms with Crippen molar-refractivity contribution in [3.8, 4) is 0 Å². The highest BCUT2D eigenvalue weighted by Crippen LogP contribution is 2.31. The van der Waals surface area contributed by atoms with E-state index in [1.807, 2.05) is 6.07 Å². The van der Waals surface area contributed by atoms with Gasteiger partial charge in [-0.15, -0.1) is 0 Å². The molecule has 108 valence electrons. The zero-order chi connectivity index (χ0) is 14.5. The third-order valence-corrected chi connectivity index (χ3v) is 3.08. The Morgan fingerprint density at radius 2 is 2.30 bits per heavy atom. The first-order valence-corrected chi connectivity index (χ1v) is 6.72. The summed E-state index contributed by atoms with van der Waals surface area (Å²) in [6, 6.07) is 3.64. The number of hydrogen-bond acceptors (Lipinski definition) is 5. The van der Waals surface area contributed by atoms with E-state index in [2.05, 4.69) is 10.6 Å². The third-order valence-electron chi connectivity index (χ3n) is 3.08. The summed E-state index contributed by atoms with van der Waals surface area (Å²) < 4.78 is 4.85. The van der Waals surface area contributed by atoms with Crippen molar-refractivity contribution in [1.29, 1.82) is 0 Å². The Bertz CT molecular complexity index is 529. The first-order chi connectivity index (χ1) is 9.60. The van der Waals surface area contributed by atoms with Crippen LogP contribution in [0.5, 0.6) is 0 Å². The molecule has 6 heteroatoms. The maximum Gasteiger partial charge on any atom is 0.305 e. The molecule has 1 aliphatic rings. The second kappa shape index (κ2) is 6.27. The Labute approximate surface area is 117 Å². The lowest BCUT2D eigenvalue weighted by atomic mass is 10.1. The fourth-order valence-electron chi connectivity index (χ4n) is 2.14. The molecule has 0 aromatic heterocycles. The third kappa shape index (κ3) is 3.40. The van der Waals surface area contributed by atoms with Crippen LogP contribution >= 0.6 is 0 Å². The summed E-state index contributed by atoms with van der Waals surface area (Å²) in [5, 5.41) is 5.95. The lowest BCUT2D eigenvalue weighted by Gasteiger charge is -2.11. The summed E-state index contributed by atoms with van der Waals surface area (Å²) in [5.41, 5.74) is 9.04. The Hall–Kier alpha value is -2.24. The molecule has 1 aliphatic heterocycles. The fourth-order valence-corrected chi connectivity index (χ4v) is 2.14. The molecule has 2 rings (SSSR count). The number of ether oxygens (including phenoxy) is 1. The molecular weight excluding hydrogens is 258 g/mol. The lowest BCUT2D eigenvalue weighted by Crippen LogP contribution is -2.09. The van der Waals surface area contributed by atoms with Crippen molar-refractivity contribution >= 4 is 28.9 Å². The van der Waals surface area contributed by atoms with Crippen LogP contribution in [-0.4, -0.2) is 25.0 Å². The molecule has 20 heavy (non-hydrogen) atoms. The second-order valence-corrected chi connectivity index (χ2v) is 4.66. The molecule has 0 bridgehead atoms. The van der Waals surface area contributed by atoms with Crippen molar-refractivity contribution in [3.05, 3.63) is 17.7 Å². The molecule has 0 saturated heterocycles. The van der Waals surface area contributed by atoms with Gasteiger partial charge < -0.3 is 21.1 Å². The van der Waals surface area contributed by atoms with Crippen molar-refractivity contribution in [2.75, 3.05) is 29.5 Å². The second-order valence-electron chi connectivity index (χ2n) is 4.66. The van der Waals surface area contributed by atoms with E-state index in [-0.39, 0.29) is 11.9 Å². The van der Waals surface area contributed by atoms with Gasteiger partial charge in [0.05, 0.1) is 24.4 Å². The molecule has 6 nitrogen and oxygen atoms in total. The van der Waals surface area contributed by atoms with E-state index in [0.29, 0.717) is 38.1 Å². The number of fused-ring (bicyclic) bond motifs is 1. The lowest BCUT2D eigenvalue weighted by molar-refractivity contribution is -0.143. The van der Waals surface area contributed by atoms with Crippen LogP contribution in [0.2, 0.25) is 0 Å². The van der Waals surface area contributed by atoms with Gasteiger partial charge >= 0.3 is 5.97 Å². The van der Waals surface area contributed by atoms with Gasteiger partial charge in [-0.3, -0.25) is 9.59 Å². The molecule has 0 spiro atoms. The summed E-state index contributed by atoms with van der Waals surface area (Å²) in [7, 11) is 0. The SMILES string of the molecule is CCOC(=O)CCCNc1cc2c(cc1N)CC(=O)N2.